The number of benzene rings is 3. The van der Waals surface area contributed by atoms with Crippen molar-refractivity contribution < 1.29 is 13.2 Å². The van der Waals surface area contributed by atoms with Gasteiger partial charge in [-0.25, -0.2) is 8.42 Å². The van der Waals surface area contributed by atoms with E-state index >= 15 is 0 Å². The van der Waals surface area contributed by atoms with Crippen molar-refractivity contribution in [1.29, 1.82) is 0 Å². The van der Waals surface area contributed by atoms with E-state index in [-0.39, 0.29) is 11.4 Å². The van der Waals surface area contributed by atoms with Crippen LogP contribution in [0.15, 0.2) is 64.0 Å². The van der Waals surface area contributed by atoms with Gasteiger partial charge in [-0.1, -0.05) is 63.7 Å². The molecule has 0 heterocycles. The average molecular weight is 605 g/mol. The molecule has 3 rings (SSSR count). The highest BCUT2D eigenvalue weighted by Gasteiger charge is 2.27. The fraction of sp³-hybridized carbons (Fsp3) is 0.208. The third-order valence-corrected chi connectivity index (χ3v) is 8.40. The summed E-state index contributed by atoms with van der Waals surface area (Å²) in [4.78, 5) is 13.1. The molecule has 0 saturated heterocycles. The molecule has 0 aromatic heterocycles. The first-order valence-corrected chi connectivity index (χ1v) is 13.7. The Hall–Kier alpha value is -1.61. The molecule has 5 nitrogen and oxygen atoms in total. The second-order valence-corrected chi connectivity index (χ2v) is 11.7. The Balaban J connectivity index is 1.94. The first-order chi connectivity index (χ1) is 16.0. The van der Waals surface area contributed by atoms with Gasteiger partial charge < -0.3 is 5.32 Å². The molecule has 3 aromatic carbocycles. The second-order valence-electron chi connectivity index (χ2n) is 7.63. The molecule has 0 aliphatic rings. The molecule has 0 atom stereocenters. The number of rotatable bonds is 8. The highest BCUT2D eigenvalue weighted by molar-refractivity contribution is 9.10. The smallest absolute Gasteiger partial charge is 0.243 e. The van der Waals surface area contributed by atoms with E-state index in [0.29, 0.717) is 32.7 Å². The number of nitrogens with zero attached hydrogens (tertiary/aromatic N) is 1. The minimum Gasteiger partial charge on any atom is -0.324 e. The molecule has 1 amide bonds. The molecule has 0 radical (unpaired) electrons. The Morgan fingerprint density at radius 2 is 1.68 bits per heavy atom. The third-order valence-electron chi connectivity index (χ3n) is 5.14. The molecular weight excluding hydrogens is 583 g/mol. The summed E-state index contributed by atoms with van der Waals surface area (Å²) in [6.07, 6.45) is 0.700. The lowest BCUT2D eigenvalue weighted by Gasteiger charge is -2.23. The van der Waals surface area contributed by atoms with Gasteiger partial charge >= 0.3 is 0 Å². The van der Waals surface area contributed by atoms with Crippen molar-refractivity contribution >= 4 is 72.4 Å². The van der Waals surface area contributed by atoms with E-state index in [1.807, 2.05) is 26.0 Å². The number of carbonyl (C=O) groups excluding carboxylic acids is 1. The SMILES string of the molecule is CCc1cc(Br)cc(C)c1NC(=O)CN(Cc1ccc(Cl)c(Cl)c1)S(=O)(=O)c1ccc(Cl)cc1. The van der Waals surface area contributed by atoms with Gasteiger partial charge in [0.05, 0.1) is 21.5 Å². The van der Waals surface area contributed by atoms with Crippen molar-refractivity contribution in [3.63, 3.8) is 0 Å². The van der Waals surface area contributed by atoms with Crippen LogP contribution in [0.2, 0.25) is 15.1 Å². The Morgan fingerprint density at radius 3 is 2.29 bits per heavy atom. The number of carbonyl (C=O) groups is 1. The summed E-state index contributed by atoms with van der Waals surface area (Å²) in [5, 5.41) is 3.95. The molecular formula is C24H22BrCl3N2O3S. The van der Waals surface area contributed by atoms with E-state index in [1.54, 1.807) is 18.2 Å². The topological polar surface area (TPSA) is 66.5 Å². The fourth-order valence-electron chi connectivity index (χ4n) is 3.43. The summed E-state index contributed by atoms with van der Waals surface area (Å²) < 4.78 is 28.9. The lowest BCUT2D eigenvalue weighted by atomic mass is 10.1. The van der Waals surface area contributed by atoms with Gasteiger partial charge in [-0.05, 0) is 78.6 Å². The Labute approximate surface area is 223 Å². The first kappa shape index (κ1) is 27.0. The maximum absolute atomic E-state index is 13.5. The van der Waals surface area contributed by atoms with Crippen LogP contribution in [0.3, 0.4) is 0 Å². The number of hydrogen-bond donors (Lipinski definition) is 1. The van der Waals surface area contributed by atoms with Crippen molar-refractivity contribution in [2.24, 2.45) is 0 Å². The summed E-state index contributed by atoms with van der Waals surface area (Å²) in [6.45, 7) is 3.40. The summed E-state index contributed by atoms with van der Waals surface area (Å²) >= 11 is 21.5. The van der Waals surface area contributed by atoms with Crippen LogP contribution in [0, 0.1) is 6.92 Å². The van der Waals surface area contributed by atoms with Gasteiger partial charge in [0.15, 0.2) is 0 Å². The minimum absolute atomic E-state index is 0.0267. The normalized spacial score (nSPS) is 11.6. The van der Waals surface area contributed by atoms with Crippen molar-refractivity contribution in [2.75, 3.05) is 11.9 Å². The van der Waals surface area contributed by atoms with E-state index in [2.05, 4.69) is 21.2 Å². The summed E-state index contributed by atoms with van der Waals surface area (Å²) in [5.41, 5.74) is 3.08. The lowest BCUT2D eigenvalue weighted by molar-refractivity contribution is -0.116. The molecule has 0 saturated carbocycles. The van der Waals surface area contributed by atoms with Crippen LogP contribution < -0.4 is 5.32 Å². The monoisotopic (exact) mass is 602 g/mol. The summed E-state index contributed by atoms with van der Waals surface area (Å²) in [6, 6.07) is 14.5. The number of halogens is 4. The van der Waals surface area contributed by atoms with Gasteiger partial charge in [-0.2, -0.15) is 4.31 Å². The van der Waals surface area contributed by atoms with E-state index in [9.17, 15) is 13.2 Å². The van der Waals surface area contributed by atoms with Gasteiger partial charge in [0, 0.05) is 21.7 Å². The van der Waals surface area contributed by atoms with Crippen LogP contribution in [-0.2, 0) is 27.8 Å². The maximum atomic E-state index is 13.5. The van der Waals surface area contributed by atoms with Crippen molar-refractivity contribution in [1.82, 2.24) is 4.31 Å². The minimum atomic E-state index is -4.03. The van der Waals surface area contributed by atoms with Gasteiger partial charge in [0.1, 0.15) is 0 Å². The fourth-order valence-corrected chi connectivity index (χ4v) is 5.88. The number of amides is 1. The number of anilines is 1. The number of hydrogen-bond acceptors (Lipinski definition) is 3. The molecule has 10 heteroatoms. The average Bonchev–Trinajstić information content (AvgIpc) is 2.77. The molecule has 0 spiro atoms. The Bertz CT molecular complexity index is 1320. The molecule has 34 heavy (non-hydrogen) atoms. The van der Waals surface area contributed by atoms with Crippen LogP contribution >= 0.6 is 50.7 Å². The van der Waals surface area contributed by atoms with Gasteiger partial charge in [0.25, 0.3) is 0 Å². The van der Waals surface area contributed by atoms with Crippen LogP contribution in [0.4, 0.5) is 5.69 Å². The van der Waals surface area contributed by atoms with Crippen molar-refractivity contribution in [3.8, 4) is 0 Å². The second kappa shape index (κ2) is 11.4. The molecule has 3 aromatic rings. The zero-order valence-electron chi connectivity index (χ0n) is 18.4. The largest absolute Gasteiger partial charge is 0.324 e. The predicted octanol–water partition coefficient (Wildman–Crippen LogP) is 7.11. The van der Waals surface area contributed by atoms with Crippen LogP contribution in [0.5, 0.6) is 0 Å². The van der Waals surface area contributed by atoms with E-state index in [0.717, 1.165) is 19.9 Å². The molecule has 1 N–H and O–H groups in total. The molecule has 0 unspecified atom stereocenters. The lowest BCUT2D eigenvalue weighted by Crippen LogP contribution is -2.37. The standard InChI is InChI=1S/C24H22BrCl3N2O3S/c1-3-17-12-18(25)10-15(2)24(17)29-23(31)14-30(13-16-4-9-21(27)22(28)11-16)34(32,33)20-7-5-19(26)6-8-20/h4-12H,3,13-14H2,1-2H3,(H,29,31). The third kappa shape index (κ3) is 6.53. The summed E-state index contributed by atoms with van der Waals surface area (Å²) in [5.74, 6) is -0.460. The predicted molar refractivity (Wildman–Crippen MR) is 142 cm³/mol. The zero-order valence-corrected chi connectivity index (χ0v) is 23.1. The highest BCUT2D eigenvalue weighted by Crippen LogP contribution is 2.28. The first-order valence-electron chi connectivity index (χ1n) is 10.3. The van der Waals surface area contributed by atoms with Crippen LogP contribution in [-0.4, -0.2) is 25.2 Å². The number of nitrogens with one attached hydrogen (secondary N) is 1. The molecule has 180 valence electrons. The number of aryl methyl sites for hydroxylation is 2. The Kier molecular flexibility index (Phi) is 9.06. The van der Waals surface area contributed by atoms with Crippen LogP contribution in [0.1, 0.15) is 23.6 Å². The van der Waals surface area contributed by atoms with Gasteiger partial charge in [0.2, 0.25) is 15.9 Å². The van der Waals surface area contributed by atoms with E-state index in [4.69, 9.17) is 34.8 Å². The molecule has 0 fully saturated rings. The van der Waals surface area contributed by atoms with Gasteiger partial charge in [-0.15, -0.1) is 0 Å². The molecule has 0 aliphatic carbocycles. The highest BCUT2D eigenvalue weighted by atomic mass is 79.9. The van der Waals surface area contributed by atoms with E-state index < -0.39 is 22.5 Å². The van der Waals surface area contributed by atoms with Gasteiger partial charge in [-0.3, -0.25) is 4.79 Å². The molecule has 0 bridgehead atoms. The van der Waals surface area contributed by atoms with Crippen molar-refractivity contribution in [3.05, 3.63) is 90.8 Å². The van der Waals surface area contributed by atoms with Crippen LogP contribution in [0.25, 0.3) is 0 Å². The number of sulfonamides is 1. The van der Waals surface area contributed by atoms with E-state index in [1.165, 1.54) is 24.3 Å². The van der Waals surface area contributed by atoms with Crippen molar-refractivity contribution in [2.45, 2.75) is 31.7 Å². The summed E-state index contributed by atoms with van der Waals surface area (Å²) in [7, 11) is -4.03. The quantitative estimate of drug-likeness (QED) is 0.298. The maximum Gasteiger partial charge on any atom is 0.243 e. The zero-order chi connectivity index (χ0) is 25.0. The molecule has 0 aliphatic heterocycles. The Morgan fingerprint density at radius 1 is 1.00 bits per heavy atom.